The van der Waals surface area contributed by atoms with E-state index in [1.54, 1.807) is 0 Å². The van der Waals surface area contributed by atoms with Crippen molar-refractivity contribution in [2.45, 2.75) is 10.8 Å². The third-order valence-electron chi connectivity index (χ3n) is 11.2. The smallest absolute Gasteiger partial charge is 0.0622 e. The average Bonchev–Trinajstić information content (AvgIpc) is 3.68. The van der Waals surface area contributed by atoms with Crippen LogP contribution in [0.4, 0.5) is 0 Å². The molecule has 0 radical (unpaired) electrons. The van der Waals surface area contributed by atoms with Crippen LogP contribution in [0.25, 0.3) is 33.4 Å². The monoisotopic (exact) mass is 634 g/mol. The van der Waals surface area contributed by atoms with E-state index in [4.69, 9.17) is 0 Å². The number of hydrogen-bond acceptors (Lipinski definition) is 0. The number of rotatable bonds is 5. The summed E-state index contributed by atoms with van der Waals surface area (Å²) in [5.41, 5.74) is 17.2. The third-order valence-corrected chi connectivity index (χ3v) is 11.2. The first-order chi connectivity index (χ1) is 24.8. The normalized spacial score (nSPS) is 14.3. The fourth-order valence-corrected chi connectivity index (χ4v) is 9.29. The van der Waals surface area contributed by atoms with Crippen LogP contribution >= 0.6 is 0 Å². The average molecular weight is 635 g/mol. The molecular weight excluding hydrogens is 601 g/mol. The molecular formula is C50H34. The molecule has 8 aromatic rings. The van der Waals surface area contributed by atoms with Gasteiger partial charge in [0.2, 0.25) is 0 Å². The van der Waals surface area contributed by atoms with Crippen LogP contribution in [-0.4, -0.2) is 0 Å². The van der Waals surface area contributed by atoms with Crippen molar-refractivity contribution >= 4 is 0 Å². The van der Waals surface area contributed by atoms with E-state index in [-0.39, 0.29) is 0 Å². The molecule has 0 atom stereocenters. The molecule has 0 heteroatoms. The molecule has 0 saturated heterocycles. The molecule has 0 N–H and O–H groups in total. The van der Waals surface area contributed by atoms with Gasteiger partial charge in [0, 0.05) is 0 Å². The predicted octanol–water partition coefficient (Wildman–Crippen LogP) is 12.1. The Morgan fingerprint density at radius 3 is 0.840 bits per heavy atom. The molecule has 0 nitrogen and oxygen atoms in total. The van der Waals surface area contributed by atoms with Crippen molar-refractivity contribution in [3.05, 3.63) is 251 Å². The highest BCUT2D eigenvalue weighted by Crippen LogP contribution is 2.58. The second-order valence-electron chi connectivity index (χ2n) is 13.6. The third kappa shape index (κ3) is 3.88. The summed E-state index contributed by atoms with van der Waals surface area (Å²) in [5.74, 6) is 0. The van der Waals surface area contributed by atoms with Crippen LogP contribution in [0.1, 0.15) is 44.5 Å². The Hall–Kier alpha value is -6.24. The predicted molar refractivity (Wildman–Crippen MR) is 206 cm³/mol. The molecule has 0 amide bonds. The standard InChI is InChI=1S/C50H34/c1-3-19-37(20-4-1)49(45-29-11-7-25-41(45)42-26-8-12-30-46(42)49)39-23-15-17-35(33-39)36-18-16-24-40(34-36)50(38-21-5-2-6-22-38)47-31-13-9-27-43(47)44-28-10-14-32-48(44)50/h1-34H. The van der Waals surface area contributed by atoms with Gasteiger partial charge in [-0.2, -0.15) is 0 Å². The summed E-state index contributed by atoms with van der Waals surface area (Å²) in [7, 11) is 0. The lowest BCUT2D eigenvalue weighted by Crippen LogP contribution is -2.28. The molecule has 0 saturated carbocycles. The van der Waals surface area contributed by atoms with E-state index in [1.165, 1.54) is 77.9 Å². The Morgan fingerprint density at radius 1 is 0.220 bits per heavy atom. The molecule has 234 valence electrons. The van der Waals surface area contributed by atoms with Gasteiger partial charge in [-0.1, -0.05) is 194 Å². The summed E-state index contributed by atoms with van der Waals surface area (Å²) in [6.07, 6.45) is 0. The summed E-state index contributed by atoms with van der Waals surface area (Å²) in [4.78, 5) is 0. The molecule has 8 aromatic carbocycles. The van der Waals surface area contributed by atoms with Crippen LogP contribution < -0.4 is 0 Å². The molecule has 10 rings (SSSR count). The maximum absolute atomic E-state index is 2.44. The maximum Gasteiger partial charge on any atom is 0.0713 e. The maximum atomic E-state index is 2.44. The van der Waals surface area contributed by atoms with Crippen LogP contribution in [0.15, 0.2) is 206 Å². The molecule has 0 spiro atoms. The zero-order valence-corrected chi connectivity index (χ0v) is 27.6. The van der Waals surface area contributed by atoms with Crippen molar-refractivity contribution in [3.63, 3.8) is 0 Å². The first-order valence-electron chi connectivity index (χ1n) is 17.5. The van der Waals surface area contributed by atoms with Crippen molar-refractivity contribution in [2.24, 2.45) is 0 Å². The summed E-state index contributed by atoms with van der Waals surface area (Å²) in [5, 5.41) is 0. The first-order valence-corrected chi connectivity index (χ1v) is 17.5. The minimum atomic E-state index is -0.434. The fraction of sp³-hybridized carbons (Fsp3) is 0.0400. The van der Waals surface area contributed by atoms with E-state index in [1.807, 2.05) is 0 Å². The van der Waals surface area contributed by atoms with Gasteiger partial charge in [0.05, 0.1) is 10.8 Å². The van der Waals surface area contributed by atoms with E-state index in [9.17, 15) is 0 Å². The van der Waals surface area contributed by atoms with Crippen molar-refractivity contribution in [1.82, 2.24) is 0 Å². The van der Waals surface area contributed by atoms with E-state index in [2.05, 4.69) is 206 Å². The van der Waals surface area contributed by atoms with Crippen LogP contribution in [0.3, 0.4) is 0 Å². The van der Waals surface area contributed by atoms with Gasteiger partial charge in [0.1, 0.15) is 0 Å². The summed E-state index contributed by atoms with van der Waals surface area (Å²) < 4.78 is 0. The van der Waals surface area contributed by atoms with Gasteiger partial charge < -0.3 is 0 Å². The second-order valence-corrected chi connectivity index (χ2v) is 13.6. The molecule has 2 aliphatic rings. The van der Waals surface area contributed by atoms with Crippen molar-refractivity contribution in [2.75, 3.05) is 0 Å². The Balaban J connectivity index is 1.21. The minimum absolute atomic E-state index is 0.434. The fourth-order valence-electron chi connectivity index (χ4n) is 9.29. The number of fused-ring (bicyclic) bond motifs is 6. The van der Waals surface area contributed by atoms with Gasteiger partial charge in [0.15, 0.2) is 0 Å². The zero-order valence-electron chi connectivity index (χ0n) is 27.6. The van der Waals surface area contributed by atoms with Crippen molar-refractivity contribution in [3.8, 4) is 33.4 Å². The Bertz CT molecular complexity index is 2270. The molecule has 50 heavy (non-hydrogen) atoms. The van der Waals surface area contributed by atoms with E-state index >= 15 is 0 Å². The quantitative estimate of drug-likeness (QED) is 0.177. The van der Waals surface area contributed by atoms with Gasteiger partial charge in [0.25, 0.3) is 0 Å². The molecule has 0 unspecified atom stereocenters. The van der Waals surface area contributed by atoms with Crippen LogP contribution in [0.5, 0.6) is 0 Å². The van der Waals surface area contributed by atoms with E-state index in [0.717, 1.165) is 0 Å². The lowest BCUT2D eigenvalue weighted by Gasteiger charge is -2.35. The molecule has 0 bridgehead atoms. The summed E-state index contributed by atoms with van der Waals surface area (Å²) in [6, 6.07) is 76.6. The molecule has 0 aromatic heterocycles. The van der Waals surface area contributed by atoms with E-state index < -0.39 is 10.8 Å². The van der Waals surface area contributed by atoms with Gasteiger partial charge in [-0.3, -0.25) is 0 Å². The second kappa shape index (κ2) is 11.2. The molecule has 0 fully saturated rings. The number of hydrogen-bond donors (Lipinski definition) is 0. The van der Waals surface area contributed by atoms with Gasteiger partial charge >= 0.3 is 0 Å². The molecule has 0 heterocycles. The van der Waals surface area contributed by atoms with Crippen LogP contribution in [0.2, 0.25) is 0 Å². The molecule has 2 aliphatic carbocycles. The van der Waals surface area contributed by atoms with Gasteiger partial charge in [-0.05, 0) is 90.0 Å². The van der Waals surface area contributed by atoms with Crippen LogP contribution in [0, 0.1) is 0 Å². The Morgan fingerprint density at radius 2 is 0.500 bits per heavy atom. The first kappa shape index (κ1) is 28.7. The topological polar surface area (TPSA) is 0 Å². The highest BCUT2D eigenvalue weighted by atomic mass is 14.5. The van der Waals surface area contributed by atoms with Gasteiger partial charge in [-0.15, -0.1) is 0 Å². The Kier molecular flexibility index (Phi) is 6.41. The largest absolute Gasteiger partial charge is 0.0713 e. The SMILES string of the molecule is c1ccc(C2(c3cccc(-c4cccc(C5(c6ccccc6)c6ccccc6-c6ccccc65)c4)c3)c3ccccc3-c3ccccc32)cc1. The minimum Gasteiger partial charge on any atom is -0.0622 e. The lowest BCUT2D eigenvalue weighted by atomic mass is 9.66. The zero-order chi connectivity index (χ0) is 33.1. The Labute approximate surface area is 294 Å². The van der Waals surface area contributed by atoms with Crippen molar-refractivity contribution in [1.29, 1.82) is 0 Å². The lowest BCUT2D eigenvalue weighted by molar-refractivity contribution is 0.767. The number of benzene rings is 8. The van der Waals surface area contributed by atoms with Crippen LogP contribution in [-0.2, 0) is 10.8 Å². The highest BCUT2D eigenvalue weighted by Gasteiger charge is 2.47. The van der Waals surface area contributed by atoms with E-state index in [0.29, 0.717) is 0 Å². The summed E-state index contributed by atoms with van der Waals surface area (Å²) >= 11 is 0. The highest BCUT2D eigenvalue weighted by molar-refractivity contribution is 5.88. The van der Waals surface area contributed by atoms with Gasteiger partial charge in [-0.25, -0.2) is 0 Å². The molecule has 0 aliphatic heterocycles. The summed E-state index contributed by atoms with van der Waals surface area (Å²) in [6.45, 7) is 0. The van der Waals surface area contributed by atoms with Crippen molar-refractivity contribution < 1.29 is 0 Å².